The summed E-state index contributed by atoms with van der Waals surface area (Å²) in [5.41, 5.74) is -0.710. The summed E-state index contributed by atoms with van der Waals surface area (Å²) in [6.45, 7) is 0. The molecule has 0 spiro atoms. The molecule has 16 rings (SSSR count). The van der Waals surface area contributed by atoms with Crippen molar-refractivity contribution < 1.29 is 31.5 Å². The van der Waals surface area contributed by atoms with Crippen LogP contribution in [0.4, 0.5) is 0 Å². The summed E-state index contributed by atoms with van der Waals surface area (Å²) >= 11 is 0. The van der Waals surface area contributed by atoms with Crippen molar-refractivity contribution in [3.63, 3.8) is 0 Å². The first-order valence-electron chi connectivity index (χ1n) is 32.7. The first-order valence-corrected chi connectivity index (χ1v) is 23.2. The van der Waals surface area contributed by atoms with E-state index in [0.717, 1.165) is 57.9 Å². The number of aromatic nitrogens is 5. The molecule has 4 bridgehead atoms. The van der Waals surface area contributed by atoms with Crippen LogP contribution in [0.25, 0.3) is 66.9 Å². The second-order valence-corrected chi connectivity index (χ2v) is 19.3. The number of nitrogens with zero attached hydrogens (tertiary/aromatic N) is 5. The van der Waals surface area contributed by atoms with Crippen LogP contribution in [0.15, 0.2) is 224 Å². The van der Waals surface area contributed by atoms with Crippen molar-refractivity contribution in [2.24, 2.45) is 0 Å². The van der Waals surface area contributed by atoms with E-state index in [1.165, 1.54) is 0 Å². The molecule has 0 fully saturated rings. The Morgan fingerprint density at radius 2 is 0.791 bits per heavy atom. The lowest BCUT2D eigenvalue weighted by molar-refractivity contribution is 0.884. The first-order chi connectivity index (χ1) is 42.5. The number of para-hydroxylation sites is 4. The van der Waals surface area contributed by atoms with Gasteiger partial charge in [0.25, 0.3) is 0 Å². The van der Waals surface area contributed by atoms with Crippen molar-refractivity contribution in [1.82, 2.24) is 24.1 Å². The smallest absolute Gasteiger partial charge is 0.240 e. The number of rotatable bonds is 7. The van der Waals surface area contributed by atoms with E-state index in [-0.39, 0.29) is 17.7 Å². The van der Waals surface area contributed by atoms with Gasteiger partial charge in [-0.25, -0.2) is 0 Å². The number of aryl methyl sites for hydroxylation is 4. The Labute approximate surface area is 422 Å². The second-order valence-electron chi connectivity index (χ2n) is 15.8. The third-order valence-electron chi connectivity index (χ3n) is 12.2. The van der Waals surface area contributed by atoms with Crippen LogP contribution in [0.3, 0.4) is 0 Å². The molecule has 0 unspecified atom stereocenters. The van der Waals surface area contributed by atoms with Crippen LogP contribution in [0.1, 0.15) is 53.8 Å². The van der Waals surface area contributed by atoms with Crippen molar-refractivity contribution in [1.29, 1.82) is 0 Å². The Hall–Kier alpha value is -8.19. The van der Waals surface area contributed by atoms with Crippen molar-refractivity contribution in [2.45, 2.75) is 25.5 Å². The molecule has 0 saturated carbocycles. The quantitative estimate of drug-likeness (QED) is 0.118. The van der Waals surface area contributed by atoms with E-state index in [9.17, 15) is 19.2 Å². The predicted molar refractivity (Wildman–Crippen MR) is 279 cm³/mol. The maximum atomic E-state index is 10.5. The second kappa shape index (κ2) is 16.1. The molecule has 4 aliphatic rings. The van der Waals surface area contributed by atoms with Crippen LogP contribution in [-0.2, 0) is 25.5 Å². The van der Waals surface area contributed by atoms with E-state index < -0.39 is 173 Å². The highest BCUT2D eigenvalue weighted by Crippen LogP contribution is 2.35. The lowest BCUT2D eigenvalue weighted by Gasteiger charge is -2.36. The van der Waals surface area contributed by atoms with E-state index in [4.69, 9.17) is 27.3 Å². The fourth-order valence-electron chi connectivity index (χ4n) is 9.28. The van der Waals surface area contributed by atoms with Gasteiger partial charge in [-0.15, -0.1) is 0 Å². The normalized spacial score (nSPS) is 20.7. The summed E-state index contributed by atoms with van der Waals surface area (Å²) in [7, 11) is -6.38. The summed E-state index contributed by atoms with van der Waals surface area (Å²) in [6.07, 6.45) is -13.9. The Balaban J connectivity index is 1.21. The molecule has 0 amide bonds. The van der Waals surface area contributed by atoms with Crippen LogP contribution in [0.2, 0.25) is 0 Å². The average Bonchev–Trinajstić information content (AvgIpc) is 1.01. The highest BCUT2D eigenvalue weighted by molar-refractivity contribution is 7.20. The van der Waals surface area contributed by atoms with Gasteiger partial charge in [-0.2, -0.15) is 15.0 Å². The van der Waals surface area contributed by atoms with Gasteiger partial charge in [-0.05, 0) is 98.8 Å². The summed E-state index contributed by atoms with van der Waals surface area (Å²) in [6, 6.07) is 18.3. The third kappa shape index (κ3) is 6.39. The van der Waals surface area contributed by atoms with Gasteiger partial charge in [0.1, 0.15) is 0 Å². The zero-order valence-electron chi connectivity index (χ0n) is 57.9. The zero-order chi connectivity index (χ0) is 64.5. The Morgan fingerprint density at radius 1 is 0.403 bits per heavy atom. The molecule has 0 N–H and O–H groups in total. The maximum Gasteiger partial charge on any atom is 0.240 e. The van der Waals surface area contributed by atoms with Crippen molar-refractivity contribution in [2.75, 3.05) is 0 Å². The van der Waals surface area contributed by atoms with Gasteiger partial charge < -0.3 is 0 Å². The summed E-state index contributed by atoms with van der Waals surface area (Å²) in [5.74, 6) is -0.464. The molecule has 67 heavy (non-hydrogen) atoms. The van der Waals surface area contributed by atoms with Crippen LogP contribution in [-0.4, -0.2) is 32.2 Å². The molecular weight excluding hydrogens is 831 g/mol. The SMILES string of the molecule is [2H]c1c([2H])c([2H])c([Si](c2cc3ccc2C([2H])([2H])C([2H])([2H])c2ccc(cc2-c2nc(-n4c5ccccc5c5ccccc54)nc(-n4c5ccccc5c5ccccc54)n2)C([2H])([2H])C3([2H])[2H])(c2c([2H])c([2H])c([2H])c([2H])c2[2H])c2c([2H])c([2H])c([2H])c([2H])c2[2H])c([2H])c1[2H]. The fraction of sp³-hybridized carbons (Fsp3) is 0.0656. The molecule has 6 heteroatoms. The third-order valence-corrected chi connectivity index (χ3v) is 16.4. The largest absolute Gasteiger partial charge is 0.278 e. The minimum absolute atomic E-state index is 0.0440. The van der Waals surface area contributed by atoms with E-state index in [0.29, 0.717) is 22.1 Å². The Bertz CT molecular complexity index is 4650. The fourth-order valence-corrected chi connectivity index (χ4v) is 13.3. The van der Waals surface area contributed by atoms with Crippen LogP contribution in [0, 0.1) is 0 Å². The standard InChI is InChI=1S/C61H45N5Si/c1-4-18-46(19-5-1)67(47-20-6-2-7-21-47,48-22-8-3-9-23-48)58-41-43-33-32-42-34-36-44(38-39-45(58)37-35-43)53(40-42)59-62-60(65-54-28-14-10-24-49(54)50-25-11-15-29-55(50)65)64-61(63-59)66-56-30-16-12-26-51(56)52-27-13-17-31-57(52)66/h1-31,34-37,40-41H,32-33,38-39H2/i1D,2D,3D,4D,5D,6D,7D,8D,9D,18D,19D,20D,21D,22D,23D,32D2,33D2,38D2,39D2. The molecule has 318 valence electrons. The molecule has 0 saturated heterocycles. The lowest BCUT2D eigenvalue weighted by Crippen LogP contribution is -2.75. The number of hydrogen-bond donors (Lipinski definition) is 0. The molecule has 0 atom stereocenters. The van der Waals surface area contributed by atoms with E-state index in [1.807, 2.05) is 97.1 Å². The van der Waals surface area contributed by atoms with E-state index in [2.05, 4.69) is 0 Å². The highest BCUT2D eigenvalue weighted by atomic mass is 28.3. The van der Waals surface area contributed by atoms with Gasteiger partial charge >= 0.3 is 0 Å². The van der Waals surface area contributed by atoms with Crippen LogP contribution < -0.4 is 20.7 Å². The predicted octanol–water partition coefficient (Wildman–Crippen LogP) is 11.0. The Kier molecular flexibility index (Phi) is 5.35. The molecule has 9 aromatic carbocycles. The molecule has 5 nitrogen and oxygen atoms in total. The van der Waals surface area contributed by atoms with Gasteiger partial charge in [0.05, 0.1) is 42.6 Å². The summed E-state index contributed by atoms with van der Waals surface area (Å²) in [4.78, 5) is 15.3. The number of benzene rings is 9. The minimum atomic E-state index is -6.38. The van der Waals surface area contributed by atoms with Gasteiger partial charge in [-0.1, -0.05) is 194 Å². The van der Waals surface area contributed by atoms with Gasteiger partial charge in [-0.3, -0.25) is 9.13 Å². The molecule has 4 aliphatic carbocycles. The van der Waals surface area contributed by atoms with Gasteiger partial charge in [0.15, 0.2) is 13.9 Å². The Morgan fingerprint density at radius 3 is 1.24 bits per heavy atom. The monoisotopic (exact) mass is 898 g/mol. The molecule has 0 radical (unpaired) electrons. The topological polar surface area (TPSA) is 48.5 Å². The van der Waals surface area contributed by atoms with Crippen LogP contribution in [0.5, 0.6) is 0 Å². The average molecular weight is 899 g/mol. The molecule has 0 aliphatic heterocycles. The summed E-state index contributed by atoms with van der Waals surface area (Å²) in [5, 5.41) is -0.917. The lowest BCUT2D eigenvalue weighted by atomic mass is 9.93. The van der Waals surface area contributed by atoms with E-state index in [1.54, 1.807) is 9.13 Å². The summed E-state index contributed by atoms with van der Waals surface area (Å²) < 4.78 is 225. The zero-order valence-corrected chi connectivity index (χ0v) is 35.9. The maximum absolute atomic E-state index is 10.5. The first kappa shape index (κ1) is 22.3. The number of fused-ring (bicyclic) bond motifs is 6. The van der Waals surface area contributed by atoms with E-state index >= 15 is 0 Å². The van der Waals surface area contributed by atoms with Crippen molar-refractivity contribution in [3.05, 3.63) is 246 Å². The molecule has 12 aromatic rings. The van der Waals surface area contributed by atoms with Gasteiger partial charge in [0.2, 0.25) is 11.9 Å². The highest BCUT2D eigenvalue weighted by Gasteiger charge is 2.43. The van der Waals surface area contributed by atoms with Crippen LogP contribution >= 0.6 is 0 Å². The molecular formula is C61H45N5Si. The number of hydrogen-bond acceptors (Lipinski definition) is 3. The molecule has 3 heterocycles. The van der Waals surface area contributed by atoms with Crippen molar-refractivity contribution >= 4 is 72.4 Å². The van der Waals surface area contributed by atoms with Gasteiger partial charge in [0, 0.05) is 38.1 Å². The minimum Gasteiger partial charge on any atom is -0.278 e. The van der Waals surface area contributed by atoms with Crippen molar-refractivity contribution in [3.8, 4) is 23.3 Å². The molecule has 3 aromatic heterocycles.